The van der Waals surface area contributed by atoms with Crippen molar-refractivity contribution in [3.8, 4) is 0 Å². The highest BCUT2D eigenvalue weighted by Crippen LogP contribution is 2.11. The van der Waals surface area contributed by atoms with Gasteiger partial charge in [0.2, 0.25) is 5.91 Å². The van der Waals surface area contributed by atoms with Gasteiger partial charge in [-0.25, -0.2) is 4.39 Å². The van der Waals surface area contributed by atoms with E-state index < -0.39 is 0 Å². The largest absolute Gasteiger partial charge is 0.343 e. The molecule has 0 aromatic heterocycles. The highest BCUT2D eigenvalue weighted by atomic mass is 79.9. The molecule has 120 valence electrons. The molecule has 2 aromatic rings. The number of rotatable bonds is 5. The molecule has 0 aliphatic heterocycles. The summed E-state index contributed by atoms with van der Waals surface area (Å²) in [4.78, 5) is 25.3. The Morgan fingerprint density at radius 1 is 1.13 bits per heavy atom. The van der Waals surface area contributed by atoms with Gasteiger partial charge in [-0.15, -0.1) is 0 Å². The molecule has 0 bridgehead atoms. The van der Waals surface area contributed by atoms with Gasteiger partial charge in [0.1, 0.15) is 5.82 Å². The van der Waals surface area contributed by atoms with E-state index in [2.05, 4.69) is 21.2 Å². The van der Waals surface area contributed by atoms with E-state index in [-0.39, 0.29) is 30.7 Å². The molecule has 0 aliphatic carbocycles. The number of amides is 2. The Balaban J connectivity index is 1.87. The van der Waals surface area contributed by atoms with Crippen molar-refractivity contribution < 1.29 is 14.0 Å². The van der Waals surface area contributed by atoms with Gasteiger partial charge in [-0.05, 0) is 30.3 Å². The van der Waals surface area contributed by atoms with Crippen molar-refractivity contribution >= 4 is 27.7 Å². The van der Waals surface area contributed by atoms with E-state index in [1.807, 2.05) is 0 Å². The molecule has 2 aromatic carbocycles. The molecule has 0 unspecified atom stereocenters. The highest BCUT2D eigenvalue weighted by molar-refractivity contribution is 9.10. The van der Waals surface area contributed by atoms with Crippen LogP contribution in [0.2, 0.25) is 0 Å². The van der Waals surface area contributed by atoms with Crippen LogP contribution in [0.5, 0.6) is 0 Å². The number of benzene rings is 2. The lowest BCUT2D eigenvalue weighted by molar-refractivity contribution is -0.129. The zero-order chi connectivity index (χ0) is 16.8. The maximum atomic E-state index is 13.6. The quantitative estimate of drug-likeness (QED) is 0.869. The van der Waals surface area contributed by atoms with Crippen LogP contribution in [-0.4, -0.2) is 30.3 Å². The van der Waals surface area contributed by atoms with E-state index >= 15 is 0 Å². The van der Waals surface area contributed by atoms with Gasteiger partial charge >= 0.3 is 0 Å². The monoisotopic (exact) mass is 378 g/mol. The van der Waals surface area contributed by atoms with Gasteiger partial charge in [0, 0.05) is 29.2 Å². The first-order chi connectivity index (χ1) is 11.0. The second-order valence-corrected chi connectivity index (χ2v) is 5.95. The summed E-state index contributed by atoms with van der Waals surface area (Å²) in [7, 11) is 1.57. The van der Waals surface area contributed by atoms with E-state index in [0.29, 0.717) is 11.1 Å². The molecule has 0 saturated carbocycles. The zero-order valence-electron chi connectivity index (χ0n) is 12.6. The molecule has 0 heterocycles. The zero-order valence-corrected chi connectivity index (χ0v) is 14.1. The van der Waals surface area contributed by atoms with Crippen LogP contribution < -0.4 is 5.32 Å². The average Bonchev–Trinajstić information content (AvgIpc) is 2.55. The average molecular weight is 379 g/mol. The fourth-order valence-electron chi connectivity index (χ4n) is 1.96. The molecule has 23 heavy (non-hydrogen) atoms. The standard InChI is InChI=1S/C17H16BrFN2O2/c1-21(11-13-4-2-3-5-15(13)19)16(22)10-20-17(23)12-6-8-14(18)9-7-12/h2-9H,10-11H2,1H3,(H,20,23). The summed E-state index contributed by atoms with van der Waals surface area (Å²) in [6.07, 6.45) is 0. The van der Waals surface area contributed by atoms with Crippen LogP contribution in [-0.2, 0) is 11.3 Å². The van der Waals surface area contributed by atoms with Crippen molar-refractivity contribution in [2.75, 3.05) is 13.6 Å². The summed E-state index contributed by atoms with van der Waals surface area (Å²) in [5.41, 5.74) is 0.903. The van der Waals surface area contributed by atoms with Crippen molar-refractivity contribution in [3.63, 3.8) is 0 Å². The fraction of sp³-hybridized carbons (Fsp3) is 0.176. The third kappa shape index (κ3) is 4.89. The first kappa shape index (κ1) is 17.1. The Bertz CT molecular complexity index is 704. The molecule has 1 N–H and O–H groups in total. The number of likely N-dealkylation sites (N-methyl/N-ethyl adjacent to an activating group) is 1. The summed E-state index contributed by atoms with van der Waals surface area (Å²) < 4.78 is 14.4. The van der Waals surface area contributed by atoms with Gasteiger partial charge in [-0.1, -0.05) is 34.1 Å². The first-order valence-corrected chi connectivity index (χ1v) is 7.78. The van der Waals surface area contributed by atoms with Crippen LogP contribution >= 0.6 is 15.9 Å². The second-order valence-electron chi connectivity index (χ2n) is 5.03. The molecular formula is C17H16BrFN2O2. The maximum Gasteiger partial charge on any atom is 0.251 e. The van der Waals surface area contributed by atoms with Crippen molar-refractivity contribution in [1.82, 2.24) is 10.2 Å². The molecule has 2 rings (SSSR count). The van der Waals surface area contributed by atoms with Crippen LogP contribution in [0.15, 0.2) is 53.0 Å². The van der Waals surface area contributed by atoms with Crippen molar-refractivity contribution in [2.45, 2.75) is 6.54 Å². The Hall–Kier alpha value is -2.21. The number of hydrogen-bond acceptors (Lipinski definition) is 2. The molecule has 0 saturated heterocycles. The van der Waals surface area contributed by atoms with Crippen molar-refractivity contribution in [1.29, 1.82) is 0 Å². The molecule has 2 amide bonds. The fourth-order valence-corrected chi connectivity index (χ4v) is 2.23. The SMILES string of the molecule is CN(Cc1ccccc1F)C(=O)CNC(=O)c1ccc(Br)cc1. The maximum absolute atomic E-state index is 13.6. The lowest BCUT2D eigenvalue weighted by atomic mass is 10.2. The van der Waals surface area contributed by atoms with Crippen molar-refractivity contribution in [3.05, 3.63) is 69.9 Å². The van der Waals surface area contributed by atoms with Crippen LogP contribution in [0, 0.1) is 5.82 Å². The van der Waals surface area contributed by atoms with E-state index in [1.165, 1.54) is 11.0 Å². The number of carbonyl (C=O) groups excluding carboxylic acids is 2. The smallest absolute Gasteiger partial charge is 0.251 e. The number of carbonyl (C=O) groups is 2. The lowest BCUT2D eigenvalue weighted by Gasteiger charge is -2.18. The van der Waals surface area contributed by atoms with Gasteiger partial charge in [-0.2, -0.15) is 0 Å². The van der Waals surface area contributed by atoms with Crippen LogP contribution in [0.3, 0.4) is 0 Å². The van der Waals surface area contributed by atoms with E-state index in [4.69, 9.17) is 0 Å². The Labute approximate surface area is 142 Å². The van der Waals surface area contributed by atoms with Gasteiger partial charge in [0.15, 0.2) is 0 Å². The summed E-state index contributed by atoms with van der Waals surface area (Å²) in [6, 6.07) is 13.1. The topological polar surface area (TPSA) is 49.4 Å². The predicted octanol–water partition coefficient (Wildman–Crippen LogP) is 2.98. The third-order valence-electron chi connectivity index (χ3n) is 3.30. The molecule has 6 heteroatoms. The van der Waals surface area contributed by atoms with Gasteiger partial charge < -0.3 is 10.2 Å². The highest BCUT2D eigenvalue weighted by Gasteiger charge is 2.13. The predicted molar refractivity (Wildman–Crippen MR) is 89.3 cm³/mol. The van der Waals surface area contributed by atoms with Gasteiger partial charge in [0.05, 0.1) is 6.54 Å². The van der Waals surface area contributed by atoms with E-state index in [9.17, 15) is 14.0 Å². The van der Waals surface area contributed by atoms with Crippen LogP contribution in [0.25, 0.3) is 0 Å². The number of nitrogens with zero attached hydrogens (tertiary/aromatic N) is 1. The Morgan fingerprint density at radius 3 is 2.43 bits per heavy atom. The lowest BCUT2D eigenvalue weighted by Crippen LogP contribution is -2.37. The number of nitrogens with one attached hydrogen (secondary N) is 1. The minimum atomic E-state index is -0.356. The van der Waals surface area contributed by atoms with Crippen LogP contribution in [0.4, 0.5) is 4.39 Å². The van der Waals surface area contributed by atoms with Crippen LogP contribution in [0.1, 0.15) is 15.9 Å². The minimum Gasteiger partial charge on any atom is -0.343 e. The molecular weight excluding hydrogens is 363 g/mol. The molecule has 4 nitrogen and oxygen atoms in total. The molecule has 0 aliphatic rings. The van der Waals surface area contributed by atoms with E-state index in [0.717, 1.165) is 4.47 Å². The summed E-state index contributed by atoms with van der Waals surface area (Å²) >= 11 is 3.29. The van der Waals surface area contributed by atoms with Crippen molar-refractivity contribution in [2.24, 2.45) is 0 Å². The minimum absolute atomic E-state index is 0.139. The molecule has 0 atom stereocenters. The number of halogens is 2. The van der Waals surface area contributed by atoms with Gasteiger partial charge in [0.25, 0.3) is 5.91 Å². The summed E-state index contributed by atoms with van der Waals surface area (Å²) in [5.74, 6) is -0.977. The molecule has 0 spiro atoms. The molecule has 0 radical (unpaired) electrons. The summed E-state index contributed by atoms with van der Waals surface area (Å²) in [6.45, 7) is 0.0134. The second kappa shape index (κ2) is 7.87. The Morgan fingerprint density at radius 2 is 1.78 bits per heavy atom. The summed E-state index contributed by atoms with van der Waals surface area (Å²) in [5, 5.41) is 2.56. The Kier molecular flexibility index (Phi) is 5.87. The first-order valence-electron chi connectivity index (χ1n) is 6.98. The number of hydrogen-bond donors (Lipinski definition) is 1. The molecule has 0 fully saturated rings. The normalized spacial score (nSPS) is 10.2. The third-order valence-corrected chi connectivity index (χ3v) is 3.83. The van der Waals surface area contributed by atoms with Gasteiger partial charge in [-0.3, -0.25) is 9.59 Å². The van der Waals surface area contributed by atoms with E-state index in [1.54, 1.807) is 49.5 Å².